The van der Waals surface area contributed by atoms with Gasteiger partial charge in [-0.15, -0.1) is 0 Å². The van der Waals surface area contributed by atoms with E-state index >= 15 is 0 Å². The summed E-state index contributed by atoms with van der Waals surface area (Å²) in [7, 11) is 0. The molecule has 1 aromatic carbocycles. The van der Waals surface area contributed by atoms with Crippen molar-refractivity contribution in [1.29, 1.82) is 0 Å². The van der Waals surface area contributed by atoms with Crippen LogP contribution in [0.5, 0.6) is 0 Å². The third kappa shape index (κ3) is 2.66. The highest BCUT2D eigenvalue weighted by Crippen LogP contribution is 2.26. The molecule has 0 spiro atoms. The molecule has 2 heterocycles. The number of anilines is 2. The molecule has 0 atom stereocenters. The minimum Gasteiger partial charge on any atom is -0.338 e. The smallest absolute Gasteiger partial charge is 0.160 e. The van der Waals surface area contributed by atoms with Gasteiger partial charge in [0, 0.05) is 18.7 Å². The van der Waals surface area contributed by atoms with E-state index in [0.717, 1.165) is 53.4 Å². The van der Waals surface area contributed by atoms with E-state index < -0.39 is 0 Å². The molecule has 0 radical (unpaired) electrons. The summed E-state index contributed by atoms with van der Waals surface area (Å²) in [5.41, 5.74) is 3.89. The molecule has 0 aliphatic rings. The molecule has 2 aromatic heterocycles. The quantitative estimate of drug-likeness (QED) is 0.776. The molecule has 0 fully saturated rings. The maximum absolute atomic E-state index is 4.72. The van der Waals surface area contributed by atoms with Gasteiger partial charge in [-0.1, -0.05) is 25.1 Å². The lowest BCUT2D eigenvalue weighted by Gasteiger charge is -2.10. The van der Waals surface area contributed by atoms with Gasteiger partial charge in [0.1, 0.15) is 16.9 Å². The lowest BCUT2D eigenvalue weighted by atomic mass is 10.2. The number of para-hydroxylation sites is 1. The lowest BCUT2D eigenvalue weighted by molar-refractivity contribution is 0.676. The zero-order valence-corrected chi connectivity index (χ0v) is 13.3. The molecule has 3 rings (SSSR count). The number of nitrogens with one attached hydrogen (secondary N) is 1. The van der Waals surface area contributed by atoms with Crippen LogP contribution in [0.3, 0.4) is 0 Å². The molecule has 114 valence electrons. The number of rotatable bonds is 5. The second-order valence-electron chi connectivity index (χ2n) is 5.33. The van der Waals surface area contributed by atoms with E-state index in [1.165, 1.54) is 0 Å². The lowest BCUT2D eigenvalue weighted by Crippen LogP contribution is -2.05. The zero-order valence-electron chi connectivity index (χ0n) is 13.3. The van der Waals surface area contributed by atoms with Crippen LogP contribution in [0.4, 0.5) is 11.5 Å². The second kappa shape index (κ2) is 6.13. The number of hydrogen-bond donors (Lipinski definition) is 1. The van der Waals surface area contributed by atoms with Crippen LogP contribution in [0.1, 0.15) is 31.8 Å². The number of aryl methyl sites for hydroxylation is 3. The molecule has 5 nitrogen and oxygen atoms in total. The van der Waals surface area contributed by atoms with Gasteiger partial charge in [0.05, 0.1) is 5.69 Å². The van der Waals surface area contributed by atoms with Crippen LogP contribution < -0.4 is 5.32 Å². The standard InChI is InChI=1S/C17H21N5/c1-4-9-14-19-15-12(3)21-22(5-2)16(15)17(20-14)18-13-10-7-6-8-11-13/h6-8,10-11H,4-5,9H2,1-3H3,(H,18,19,20). The largest absolute Gasteiger partial charge is 0.338 e. The monoisotopic (exact) mass is 295 g/mol. The number of nitrogens with zero attached hydrogens (tertiary/aromatic N) is 4. The Bertz CT molecular complexity index is 777. The van der Waals surface area contributed by atoms with Crippen LogP contribution in [0.2, 0.25) is 0 Å². The Balaban J connectivity index is 2.16. The summed E-state index contributed by atoms with van der Waals surface area (Å²) in [5.74, 6) is 1.70. The minimum atomic E-state index is 0.796. The van der Waals surface area contributed by atoms with Gasteiger partial charge in [0.2, 0.25) is 0 Å². The Morgan fingerprint density at radius 2 is 1.86 bits per heavy atom. The fourth-order valence-corrected chi connectivity index (χ4v) is 2.59. The van der Waals surface area contributed by atoms with Gasteiger partial charge in [-0.3, -0.25) is 4.68 Å². The highest BCUT2D eigenvalue weighted by atomic mass is 15.3. The molecule has 0 unspecified atom stereocenters. The van der Waals surface area contributed by atoms with Crippen LogP contribution in [0.15, 0.2) is 30.3 Å². The maximum Gasteiger partial charge on any atom is 0.160 e. The third-order valence-corrected chi connectivity index (χ3v) is 3.61. The van der Waals surface area contributed by atoms with Crippen molar-refractivity contribution in [2.75, 3.05) is 5.32 Å². The number of hydrogen-bond acceptors (Lipinski definition) is 4. The molecule has 0 aliphatic heterocycles. The van der Waals surface area contributed by atoms with Gasteiger partial charge in [-0.25, -0.2) is 9.97 Å². The van der Waals surface area contributed by atoms with Crippen molar-refractivity contribution in [3.63, 3.8) is 0 Å². The van der Waals surface area contributed by atoms with Crippen molar-refractivity contribution in [2.24, 2.45) is 0 Å². The topological polar surface area (TPSA) is 55.6 Å². The third-order valence-electron chi connectivity index (χ3n) is 3.61. The summed E-state index contributed by atoms with van der Waals surface area (Å²) < 4.78 is 1.96. The van der Waals surface area contributed by atoms with Gasteiger partial charge in [-0.2, -0.15) is 5.10 Å². The van der Waals surface area contributed by atoms with Crippen LogP contribution in [-0.2, 0) is 13.0 Å². The molecular formula is C17H21N5. The highest BCUT2D eigenvalue weighted by molar-refractivity contribution is 5.89. The average molecular weight is 295 g/mol. The normalized spacial score (nSPS) is 11.0. The molecular weight excluding hydrogens is 274 g/mol. The summed E-state index contributed by atoms with van der Waals surface area (Å²) >= 11 is 0. The summed E-state index contributed by atoms with van der Waals surface area (Å²) in [5, 5.41) is 8.01. The number of fused-ring (bicyclic) bond motifs is 1. The minimum absolute atomic E-state index is 0.796. The Morgan fingerprint density at radius 1 is 1.09 bits per heavy atom. The predicted molar refractivity (Wildman–Crippen MR) is 89.5 cm³/mol. The van der Waals surface area contributed by atoms with Gasteiger partial charge in [0.25, 0.3) is 0 Å². The van der Waals surface area contributed by atoms with Gasteiger partial charge in [0.15, 0.2) is 5.82 Å². The first-order chi connectivity index (χ1) is 10.7. The molecule has 0 aliphatic carbocycles. The van der Waals surface area contributed by atoms with Crippen LogP contribution in [-0.4, -0.2) is 19.7 Å². The molecule has 22 heavy (non-hydrogen) atoms. The van der Waals surface area contributed by atoms with Gasteiger partial charge in [-0.05, 0) is 32.4 Å². The molecule has 5 heteroatoms. The fourth-order valence-electron chi connectivity index (χ4n) is 2.59. The second-order valence-corrected chi connectivity index (χ2v) is 5.33. The summed E-state index contributed by atoms with van der Waals surface area (Å²) in [4.78, 5) is 9.43. The molecule has 0 saturated heterocycles. The van der Waals surface area contributed by atoms with Crippen molar-refractivity contribution in [3.8, 4) is 0 Å². The average Bonchev–Trinajstić information content (AvgIpc) is 2.85. The van der Waals surface area contributed by atoms with Crippen molar-refractivity contribution in [2.45, 2.75) is 40.2 Å². The van der Waals surface area contributed by atoms with Crippen LogP contribution >= 0.6 is 0 Å². The first-order valence-corrected chi connectivity index (χ1v) is 7.79. The summed E-state index contributed by atoms with van der Waals surface area (Å²) in [6, 6.07) is 10.1. The zero-order chi connectivity index (χ0) is 15.5. The van der Waals surface area contributed by atoms with E-state index in [2.05, 4.69) is 24.3 Å². The molecule has 0 amide bonds. The summed E-state index contributed by atoms with van der Waals surface area (Å²) in [6.45, 7) is 7.02. The first-order valence-electron chi connectivity index (χ1n) is 7.79. The van der Waals surface area contributed by atoms with Crippen molar-refractivity contribution in [1.82, 2.24) is 19.7 Å². The predicted octanol–water partition coefficient (Wildman–Crippen LogP) is 3.85. The van der Waals surface area contributed by atoms with Crippen molar-refractivity contribution >= 4 is 22.5 Å². The van der Waals surface area contributed by atoms with E-state index in [1.54, 1.807) is 0 Å². The van der Waals surface area contributed by atoms with Crippen LogP contribution in [0.25, 0.3) is 11.0 Å². The van der Waals surface area contributed by atoms with E-state index in [-0.39, 0.29) is 0 Å². The fraction of sp³-hybridized carbons (Fsp3) is 0.353. The Morgan fingerprint density at radius 3 is 2.55 bits per heavy atom. The SMILES string of the molecule is CCCc1nc(Nc2ccccc2)c2c(n1)c(C)nn2CC. The maximum atomic E-state index is 4.72. The van der Waals surface area contributed by atoms with Crippen LogP contribution in [0, 0.1) is 6.92 Å². The van der Waals surface area contributed by atoms with Crippen molar-refractivity contribution < 1.29 is 0 Å². The Kier molecular flexibility index (Phi) is 4.04. The molecule has 0 bridgehead atoms. The molecule has 1 N–H and O–H groups in total. The highest BCUT2D eigenvalue weighted by Gasteiger charge is 2.15. The molecule has 0 saturated carbocycles. The Labute approximate surface area is 130 Å². The first kappa shape index (κ1) is 14.5. The number of benzene rings is 1. The van der Waals surface area contributed by atoms with Gasteiger partial charge >= 0.3 is 0 Å². The van der Waals surface area contributed by atoms with E-state index in [9.17, 15) is 0 Å². The van der Waals surface area contributed by atoms with Crippen molar-refractivity contribution in [3.05, 3.63) is 41.9 Å². The van der Waals surface area contributed by atoms with E-state index in [1.807, 2.05) is 41.9 Å². The van der Waals surface area contributed by atoms with Gasteiger partial charge < -0.3 is 5.32 Å². The number of aromatic nitrogens is 4. The Hall–Kier alpha value is -2.43. The molecule has 3 aromatic rings. The summed E-state index contributed by atoms with van der Waals surface area (Å²) in [6.07, 6.45) is 1.90. The van der Waals surface area contributed by atoms with E-state index in [4.69, 9.17) is 9.97 Å². The van der Waals surface area contributed by atoms with E-state index in [0.29, 0.717) is 0 Å².